The Morgan fingerprint density at radius 3 is 2.76 bits per heavy atom. The van der Waals surface area contributed by atoms with E-state index in [0.717, 1.165) is 12.1 Å². The molecule has 0 bridgehead atoms. The molecule has 136 valence electrons. The summed E-state index contributed by atoms with van der Waals surface area (Å²) in [4.78, 5) is 0. The summed E-state index contributed by atoms with van der Waals surface area (Å²) in [7, 11) is 1.58. The number of alkyl halides is 3. The van der Waals surface area contributed by atoms with Crippen LogP contribution in [0, 0.1) is 5.82 Å². The van der Waals surface area contributed by atoms with Crippen molar-refractivity contribution in [3.63, 3.8) is 0 Å². The third kappa shape index (κ3) is 4.92. The molecule has 2 N–H and O–H groups in total. The molecule has 0 spiro atoms. The molecule has 0 amide bonds. The quantitative estimate of drug-likeness (QED) is 0.552. The Labute approximate surface area is 140 Å². The van der Waals surface area contributed by atoms with Crippen molar-refractivity contribution in [3.8, 4) is 0 Å². The summed E-state index contributed by atoms with van der Waals surface area (Å²) in [6.07, 6.45) is -4.10. The molecule has 0 unspecified atom stereocenters. The second kappa shape index (κ2) is 7.97. The van der Waals surface area contributed by atoms with Crippen molar-refractivity contribution < 1.29 is 26.9 Å². The van der Waals surface area contributed by atoms with Gasteiger partial charge in [0.2, 0.25) is 5.82 Å². The molecule has 1 heterocycles. The average Bonchev–Trinajstić information content (AvgIpc) is 3.01. The van der Waals surface area contributed by atoms with E-state index in [1.54, 1.807) is 7.11 Å². The summed E-state index contributed by atoms with van der Waals surface area (Å²) in [6.45, 7) is 4.77. The Hall–Kier alpha value is -2.62. The van der Waals surface area contributed by atoms with Crippen molar-refractivity contribution in [1.82, 2.24) is 10.3 Å². The fraction of sp³-hybridized carbons (Fsp3) is 0.333. The average molecular weight is 360 g/mol. The minimum absolute atomic E-state index is 0.00654. The first-order valence-corrected chi connectivity index (χ1v) is 7.21. The predicted molar refractivity (Wildman–Crippen MR) is 83.3 cm³/mol. The van der Waals surface area contributed by atoms with E-state index in [9.17, 15) is 17.6 Å². The number of ether oxygens (including phenoxy) is 1. The lowest BCUT2D eigenvalue weighted by Gasteiger charge is -2.12. The maximum absolute atomic E-state index is 13.3. The van der Waals surface area contributed by atoms with Crippen LogP contribution in [0.2, 0.25) is 0 Å². The smallest absolute Gasteiger partial charge is 0.385 e. The Morgan fingerprint density at radius 2 is 2.08 bits per heavy atom. The van der Waals surface area contributed by atoms with E-state index in [2.05, 4.69) is 32.2 Å². The number of benzene rings is 1. The third-order valence-electron chi connectivity index (χ3n) is 3.16. The molecule has 0 radical (unpaired) electrons. The van der Waals surface area contributed by atoms with Crippen molar-refractivity contribution in [3.05, 3.63) is 41.9 Å². The zero-order valence-electron chi connectivity index (χ0n) is 13.3. The summed E-state index contributed by atoms with van der Waals surface area (Å²) >= 11 is 0. The van der Waals surface area contributed by atoms with E-state index < -0.39 is 17.6 Å². The molecule has 1 aromatic carbocycles. The van der Waals surface area contributed by atoms with Gasteiger partial charge in [0.25, 0.3) is 0 Å². The van der Waals surface area contributed by atoms with Gasteiger partial charge in [0.05, 0.1) is 11.3 Å². The fourth-order valence-corrected chi connectivity index (χ4v) is 1.98. The van der Waals surface area contributed by atoms with Crippen molar-refractivity contribution >= 4 is 17.2 Å². The van der Waals surface area contributed by atoms with Crippen molar-refractivity contribution in [2.24, 2.45) is 0 Å². The standard InChI is InChI=1S/C15H16F4N4O2/c1-9(13-14(23-25-22-13)20-6-3-7-24-2)21-10-4-5-12(16)11(8-10)15(17,18)19/h4-5,8,21H,1,3,6-7H2,2H3,(H,20,23). The molecule has 2 rings (SSSR count). The number of halogens is 4. The summed E-state index contributed by atoms with van der Waals surface area (Å²) in [5, 5.41) is 12.9. The molecular weight excluding hydrogens is 344 g/mol. The summed E-state index contributed by atoms with van der Waals surface area (Å²) in [6, 6.07) is 2.54. The van der Waals surface area contributed by atoms with Gasteiger partial charge in [-0.05, 0) is 34.9 Å². The van der Waals surface area contributed by atoms with Gasteiger partial charge in [0, 0.05) is 25.9 Å². The monoisotopic (exact) mass is 360 g/mol. The van der Waals surface area contributed by atoms with Gasteiger partial charge in [-0.15, -0.1) is 0 Å². The Morgan fingerprint density at radius 1 is 1.32 bits per heavy atom. The lowest BCUT2D eigenvalue weighted by atomic mass is 10.1. The highest BCUT2D eigenvalue weighted by molar-refractivity contribution is 5.78. The van der Waals surface area contributed by atoms with Gasteiger partial charge >= 0.3 is 6.18 Å². The van der Waals surface area contributed by atoms with Crippen LogP contribution in [-0.4, -0.2) is 30.6 Å². The van der Waals surface area contributed by atoms with E-state index >= 15 is 0 Å². The molecule has 0 saturated carbocycles. The third-order valence-corrected chi connectivity index (χ3v) is 3.16. The van der Waals surface area contributed by atoms with Crippen molar-refractivity contribution in [2.45, 2.75) is 12.6 Å². The van der Waals surface area contributed by atoms with E-state index in [1.165, 1.54) is 0 Å². The topological polar surface area (TPSA) is 72.2 Å². The Kier molecular flexibility index (Phi) is 5.97. The van der Waals surface area contributed by atoms with E-state index in [1.807, 2.05) is 0 Å². The van der Waals surface area contributed by atoms with Gasteiger partial charge in [-0.1, -0.05) is 6.58 Å². The molecule has 0 saturated heterocycles. The molecule has 1 aromatic heterocycles. The largest absolute Gasteiger partial charge is 0.419 e. The molecule has 0 aliphatic heterocycles. The maximum Gasteiger partial charge on any atom is 0.419 e. The Balaban J connectivity index is 2.09. The van der Waals surface area contributed by atoms with Crippen LogP contribution in [0.5, 0.6) is 0 Å². The van der Waals surface area contributed by atoms with E-state index in [4.69, 9.17) is 4.74 Å². The highest BCUT2D eigenvalue weighted by Crippen LogP contribution is 2.33. The van der Waals surface area contributed by atoms with Gasteiger partial charge in [-0.3, -0.25) is 0 Å². The molecular formula is C15H16F4N4O2. The zero-order valence-corrected chi connectivity index (χ0v) is 13.3. The van der Waals surface area contributed by atoms with Crippen LogP contribution in [-0.2, 0) is 10.9 Å². The van der Waals surface area contributed by atoms with Crippen molar-refractivity contribution in [1.29, 1.82) is 0 Å². The van der Waals surface area contributed by atoms with Crippen LogP contribution in [0.1, 0.15) is 17.7 Å². The number of hydrogen-bond donors (Lipinski definition) is 2. The lowest BCUT2D eigenvalue weighted by molar-refractivity contribution is -0.139. The van der Waals surface area contributed by atoms with Gasteiger partial charge in [-0.2, -0.15) is 13.2 Å². The molecule has 0 fully saturated rings. The summed E-state index contributed by atoms with van der Waals surface area (Å²) in [5.41, 5.74) is -1.01. The van der Waals surface area contributed by atoms with Crippen LogP contribution in [0.25, 0.3) is 5.70 Å². The highest BCUT2D eigenvalue weighted by atomic mass is 19.4. The predicted octanol–water partition coefficient (Wildman–Crippen LogP) is 3.76. The molecule has 6 nitrogen and oxygen atoms in total. The van der Waals surface area contributed by atoms with Crippen LogP contribution in [0.15, 0.2) is 29.4 Å². The van der Waals surface area contributed by atoms with Crippen LogP contribution in [0.3, 0.4) is 0 Å². The number of aromatic nitrogens is 2. The number of anilines is 2. The van der Waals surface area contributed by atoms with Gasteiger partial charge in [0.1, 0.15) is 5.82 Å². The lowest BCUT2D eigenvalue weighted by Crippen LogP contribution is -2.10. The number of hydrogen-bond acceptors (Lipinski definition) is 6. The molecule has 25 heavy (non-hydrogen) atoms. The second-order valence-electron chi connectivity index (χ2n) is 5.03. The first-order valence-electron chi connectivity index (χ1n) is 7.21. The normalized spacial score (nSPS) is 11.4. The molecule has 0 atom stereocenters. The van der Waals surface area contributed by atoms with Crippen molar-refractivity contribution in [2.75, 3.05) is 30.9 Å². The number of methoxy groups -OCH3 is 1. The first-order chi connectivity index (χ1) is 11.8. The molecule has 10 heteroatoms. The van der Waals surface area contributed by atoms with Crippen LogP contribution >= 0.6 is 0 Å². The summed E-state index contributed by atoms with van der Waals surface area (Å²) in [5.74, 6) is -1.07. The summed E-state index contributed by atoms with van der Waals surface area (Å²) < 4.78 is 61.1. The minimum Gasteiger partial charge on any atom is -0.385 e. The number of nitrogens with one attached hydrogen (secondary N) is 2. The Bertz CT molecular complexity index is 731. The minimum atomic E-state index is -4.80. The number of rotatable bonds is 8. The van der Waals surface area contributed by atoms with Gasteiger partial charge in [-0.25, -0.2) is 9.02 Å². The first kappa shape index (κ1) is 18.7. The van der Waals surface area contributed by atoms with Gasteiger partial charge in [0.15, 0.2) is 5.69 Å². The van der Waals surface area contributed by atoms with Crippen LogP contribution in [0.4, 0.5) is 29.1 Å². The SMILES string of the molecule is C=C(Nc1ccc(F)c(C(F)(F)F)c1)c1nonc1NCCCOC. The number of nitrogens with zero attached hydrogens (tertiary/aromatic N) is 2. The zero-order chi connectivity index (χ0) is 18.4. The molecule has 0 aliphatic carbocycles. The molecule has 2 aromatic rings. The van der Waals surface area contributed by atoms with E-state index in [-0.39, 0.29) is 22.9 Å². The van der Waals surface area contributed by atoms with Gasteiger partial charge < -0.3 is 15.4 Å². The maximum atomic E-state index is 13.3. The molecule has 0 aliphatic rings. The van der Waals surface area contributed by atoms with Crippen LogP contribution < -0.4 is 10.6 Å². The fourth-order valence-electron chi connectivity index (χ4n) is 1.98. The van der Waals surface area contributed by atoms with E-state index in [0.29, 0.717) is 25.6 Å². The second-order valence-corrected chi connectivity index (χ2v) is 5.03. The highest BCUT2D eigenvalue weighted by Gasteiger charge is 2.34.